The van der Waals surface area contributed by atoms with Gasteiger partial charge in [0.25, 0.3) is 0 Å². The van der Waals surface area contributed by atoms with Crippen molar-refractivity contribution in [3.05, 3.63) is 29.3 Å². The van der Waals surface area contributed by atoms with Gasteiger partial charge >= 0.3 is 6.09 Å². The zero-order valence-corrected chi connectivity index (χ0v) is 13.6. The molecule has 3 rings (SSSR count). The summed E-state index contributed by atoms with van der Waals surface area (Å²) in [6.45, 7) is 9.01. The molecule has 0 saturated carbocycles. The van der Waals surface area contributed by atoms with Crippen molar-refractivity contribution in [2.45, 2.75) is 51.9 Å². The first-order valence-electron chi connectivity index (χ1n) is 7.98. The molecule has 2 N–H and O–H groups in total. The van der Waals surface area contributed by atoms with Gasteiger partial charge in [-0.15, -0.1) is 0 Å². The van der Waals surface area contributed by atoms with Crippen LogP contribution in [0, 0.1) is 0 Å². The summed E-state index contributed by atoms with van der Waals surface area (Å²) in [4.78, 5) is 13.9. The zero-order chi connectivity index (χ0) is 15.7. The molecular formula is C17H25N3O2. The maximum absolute atomic E-state index is 12.1. The molecule has 0 unspecified atom stereocenters. The molecule has 2 heterocycles. The van der Waals surface area contributed by atoms with E-state index in [9.17, 15) is 4.79 Å². The van der Waals surface area contributed by atoms with Crippen LogP contribution in [0.3, 0.4) is 0 Å². The fourth-order valence-electron chi connectivity index (χ4n) is 3.06. The van der Waals surface area contributed by atoms with Crippen molar-refractivity contribution in [2.75, 3.05) is 18.4 Å². The monoisotopic (exact) mass is 303 g/mol. The summed E-state index contributed by atoms with van der Waals surface area (Å²) in [5, 5.41) is 6.98. The molecule has 0 aliphatic carbocycles. The lowest BCUT2D eigenvalue weighted by atomic mass is 10.1. The number of nitrogens with one attached hydrogen (secondary N) is 2. The minimum Gasteiger partial charge on any atom is -0.444 e. The van der Waals surface area contributed by atoms with Crippen LogP contribution in [0.2, 0.25) is 0 Å². The van der Waals surface area contributed by atoms with Crippen LogP contribution < -0.4 is 10.6 Å². The molecule has 0 bridgehead atoms. The Morgan fingerprint density at radius 2 is 2.18 bits per heavy atom. The Balaban J connectivity index is 1.60. The second-order valence-corrected chi connectivity index (χ2v) is 7.10. The molecular weight excluding hydrogens is 278 g/mol. The zero-order valence-electron chi connectivity index (χ0n) is 13.6. The molecule has 1 atom stereocenters. The van der Waals surface area contributed by atoms with Crippen LogP contribution >= 0.6 is 0 Å². The number of nitrogens with zero attached hydrogens (tertiary/aromatic N) is 1. The Morgan fingerprint density at radius 3 is 2.95 bits per heavy atom. The van der Waals surface area contributed by atoms with E-state index in [1.54, 1.807) is 4.90 Å². The number of likely N-dealkylation sites (tertiary alicyclic amines) is 1. The van der Waals surface area contributed by atoms with Crippen LogP contribution in [-0.2, 0) is 17.8 Å². The molecule has 1 amide bonds. The first-order valence-corrected chi connectivity index (χ1v) is 7.98. The van der Waals surface area contributed by atoms with E-state index in [0.717, 1.165) is 26.1 Å². The molecule has 1 fully saturated rings. The number of fused-ring (bicyclic) bond motifs is 1. The number of hydrogen-bond donors (Lipinski definition) is 2. The number of carbonyl (C=O) groups is 1. The van der Waals surface area contributed by atoms with Gasteiger partial charge in [-0.1, -0.05) is 12.1 Å². The average Bonchev–Trinajstić information content (AvgIpc) is 3.05. The summed E-state index contributed by atoms with van der Waals surface area (Å²) in [6, 6.07) is 6.68. The van der Waals surface area contributed by atoms with Crippen molar-refractivity contribution < 1.29 is 9.53 Å². The number of hydrogen-bond acceptors (Lipinski definition) is 4. The lowest BCUT2D eigenvalue weighted by molar-refractivity contribution is 0.0293. The van der Waals surface area contributed by atoms with Crippen LogP contribution in [-0.4, -0.2) is 35.7 Å². The van der Waals surface area contributed by atoms with Crippen LogP contribution in [0.15, 0.2) is 18.2 Å². The molecule has 5 nitrogen and oxygen atoms in total. The van der Waals surface area contributed by atoms with Crippen LogP contribution in [0.25, 0.3) is 0 Å². The second-order valence-electron chi connectivity index (χ2n) is 7.10. The van der Waals surface area contributed by atoms with Gasteiger partial charge in [-0.2, -0.15) is 0 Å². The number of anilines is 1. The van der Waals surface area contributed by atoms with E-state index in [2.05, 4.69) is 28.8 Å². The predicted molar refractivity (Wildman–Crippen MR) is 86.8 cm³/mol. The normalized spacial score (nSPS) is 20.9. The first-order chi connectivity index (χ1) is 10.4. The van der Waals surface area contributed by atoms with Crippen molar-refractivity contribution >= 4 is 11.8 Å². The minimum atomic E-state index is -0.436. The SMILES string of the molecule is CC(C)(C)OC(=O)N1CC[C@@H](Nc2cccc3c2CNC3)C1. The van der Waals surface area contributed by atoms with E-state index in [4.69, 9.17) is 4.74 Å². The van der Waals surface area contributed by atoms with E-state index >= 15 is 0 Å². The molecule has 1 aromatic carbocycles. The van der Waals surface area contributed by atoms with Gasteiger partial charge in [0, 0.05) is 37.9 Å². The molecule has 0 radical (unpaired) electrons. The van der Waals surface area contributed by atoms with Gasteiger partial charge in [-0.05, 0) is 44.4 Å². The molecule has 0 aromatic heterocycles. The van der Waals surface area contributed by atoms with Crippen LogP contribution in [0.5, 0.6) is 0 Å². The molecule has 22 heavy (non-hydrogen) atoms. The predicted octanol–water partition coefficient (Wildman–Crippen LogP) is 2.71. The maximum atomic E-state index is 12.1. The largest absolute Gasteiger partial charge is 0.444 e. The van der Waals surface area contributed by atoms with Crippen molar-refractivity contribution in [3.8, 4) is 0 Å². The third-order valence-electron chi connectivity index (χ3n) is 4.09. The Morgan fingerprint density at radius 1 is 1.36 bits per heavy atom. The van der Waals surface area contributed by atoms with Crippen molar-refractivity contribution in [1.29, 1.82) is 0 Å². The molecule has 1 aromatic rings. The quantitative estimate of drug-likeness (QED) is 0.882. The fraction of sp³-hybridized carbons (Fsp3) is 0.588. The van der Waals surface area contributed by atoms with Gasteiger partial charge in [0.2, 0.25) is 0 Å². The Kier molecular flexibility index (Phi) is 4.00. The molecule has 1 saturated heterocycles. The summed E-state index contributed by atoms with van der Waals surface area (Å²) in [6.07, 6.45) is 0.743. The van der Waals surface area contributed by atoms with Gasteiger partial charge in [-0.25, -0.2) is 4.79 Å². The Labute approximate surface area is 132 Å². The third-order valence-corrected chi connectivity index (χ3v) is 4.09. The molecule has 120 valence electrons. The van der Waals surface area contributed by atoms with Gasteiger partial charge in [0.1, 0.15) is 5.60 Å². The van der Waals surface area contributed by atoms with E-state index in [1.165, 1.54) is 16.8 Å². The molecule has 2 aliphatic rings. The maximum Gasteiger partial charge on any atom is 0.410 e. The third kappa shape index (κ3) is 3.35. The van der Waals surface area contributed by atoms with Crippen molar-refractivity contribution in [2.24, 2.45) is 0 Å². The van der Waals surface area contributed by atoms with E-state index in [1.807, 2.05) is 20.8 Å². The molecule has 0 spiro atoms. The summed E-state index contributed by atoms with van der Waals surface area (Å²) >= 11 is 0. The Bertz CT molecular complexity index is 566. The lowest BCUT2D eigenvalue weighted by Gasteiger charge is -2.24. The Hall–Kier alpha value is -1.75. The van der Waals surface area contributed by atoms with Crippen LogP contribution in [0.4, 0.5) is 10.5 Å². The number of ether oxygens (including phenoxy) is 1. The summed E-state index contributed by atoms with van der Waals surface area (Å²) in [7, 11) is 0. The second kappa shape index (κ2) is 5.80. The van der Waals surface area contributed by atoms with Gasteiger partial charge in [0.15, 0.2) is 0 Å². The number of amides is 1. The number of rotatable bonds is 2. The first kappa shape index (κ1) is 15.2. The summed E-state index contributed by atoms with van der Waals surface area (Å²) in [5.41, 5.74) is 3.48. The van der Waals surface area contributed by atoms with E-state index in [0.29, 0.717) is 12.6 Å². The minimum absolute atomic E-state index is 0.211. The molecule has 2 aliphatic heterocycles. The van der Waals surface area contributed by atoms with Crippen LogP contribution in [0.1, 0.15) is 38.3 Å². The number of carbonyl (C=O) groups excluding carboxylic acids is 1. The smallest absolute Gasteiger partial charge is 0.410 e. The molecule has 5 heteroatoms. The lowest BCUT2D eigenvalue weighted by Crippen LogP contribution is -2.36. The van der Waals surface area contributed by atoms with Gasteiger partial charge < -0.3 is 20.3 Å². The summed E-state index contributed by atoms with van der Waals surface area (Å²) < 4.78 is 5.44. The number of benzene rings is 1. The summed E-state index contributed by atoms with van der Waals surface area (Å²) in [5.74, 6) is 0. The standard InChI is InChI=1S/C17H25N3O2/c1-17(2,3)22-16(21)20-8-7-13(11-20)19-15-6-4-5-12-9-18-10-14(12)15/h4-6,13,18-19H,7-11H2,1-3H3/t13-/m1/s1. The topological polar surface area (TPSA) is 53.6 Å². The van der Waals surface area contributed by atoms with E-state index in [-0.39, 0.29) is 6.09 Å². The van der Waals surface area contributed by atoms with Gasteiger partial charge in [-0.3, -0.25) is 0 Å². The van der Waals surface area contributed by atoms with Crippen molar-refractivity contribution in [3.63, 3.8) is 0 Å². The van der Waals surface area contributed by atoms with E-state index < -0.39 is 5.60 Å². The highest BCUT2D eigenvalue weighted by molar-refractivity contribution is 5.69. The highest BCUT2D eigenvalue weighted by Gasteiger charge is 2.30. The van der Waals surface area contributed by atoms with Gasteiger partial charge in [0.05, 0.1) is 0 Å². The fourth-order valence-corrected chi connectivity index (χ4v) is 3.06. The highest BCUT2D eigenvalue weighted by Crippen LogP contribution is 2.26. The average molecular weight is 303 g/mol. The highest BCUT2D eigenvalue weighted by atomic mass is 16.6. The van der Waals surface area contributed by atoms with Crippen molar-refractivity contribution in [1.82, 2.24) is 10.2 Å².